The van der Waals surface area contributed by atoms with Crippen molar-refractivity contribution in [2.45, 2.75) is 44.5 Å². The van der Waals surface area contributed by atoms with E-state index in [-0.39, 0.29) is 24.3 Å². The van der Waals surface area contributed by atoms with E-state index in [4.69, 9.17) is 9.47 Å². The van der Waals surface area contributed by atoms with E-state index >= 15 is 0 Å². The third-order valence-corrected chi connectivity index (χ3v) is 7.26. The number of urea groups is 1. The fraction of sp³-hybridized carbons (Fsp3) is 0.267. The number of nitro benzene ring substituents is 1. The molecule has 2 atom stereocenters. The second-order valence-corrected chi connectivity index (χ2v) is 9.63. The number of nitro groups is 1. The number of benzene rings is 3. The molecule has 0 radical (unpaired) electrons. The van der Waals surface area contributed by atoms with Gasteiger partial charge in [-0.15, -0.1) is 0 Å². The number of amides is 2. The van der Waals surface area contributed by atoms with Crippen LogP contribution >= 0.6 is 0 Å². The Morgan fingerprint density at radius 1 is 1.00 bits per heavy atom. The van der Waals surface area contributed by atoms with Gasteiger partial charge < -0.3 is 19.7 Å². The number of ether oxygens (including phenoxy) is 2. The van der Waals surface area contributed by atoms with Gasteiger partial charge in [0.2, 0.25) is 0 Å². The van der Waals surface area contributed by atoms with E-state index in [1.165, 1.54) is 19.2 Å². The molecule has 2 heterocycles. The van der Waals surface area contributed by atoms with Crippen molar-refractivity contribution in [1.82, 2.24) is 10.2 Å². The lowest BCUT2D eigenvalue weighted by Crippen LogP contribution is -2.50. The van der Waals surface area contributed by atoms with Crippen molar-refractivity contribution in [2.75, 3.05) is 7.11 Å². The Kier molecular flexibility index (Phi) is 7.58. The average Bonchev–Trinajstić information content (AvgIpc) is 3.28. The third-order valence-electron chi connectivity index (χ3n) is 7.26. The molecule has 1 saturated heterocycles. The number of non-ortho nitro benzene ring substituents is 1. The maximum absolute atomic E-state index is 13.3. The second kappa shape index (κ2) is 11.4. The molecule has 9 heteroatoms. The number of methoxy groups -OCH3 is 1. The van der Waals surface area contributed by atoms with E-state index in [2.05, 4.69) is 5.32 Å². The molecule has 0 spiro atoms. The molecule has 2 aliphatic heterocycles. The lowest BCUT2D eigenvalue weighted by atomic mass is 9.88. The van der Waals surface area contributed by atoms with Crippen LogP contribution in [-0.2, 0) is 22.7 Å². The third kappa shape index (κ3) is 5.62. The van der Waals surface area contributed by atoms with Gasteiger partial charge in [-0.25, -0.2) is 9.59 Å². The lowest BCUT2D eigenvalue weighted by Gasteiger charge is -2.37. The maximum Gasteiger partial charge on any atom is 0.336 e. The summed E-state index contributed by atoms with van der Waals surface area (Å²) in [6.07, 6.45) is 1.95. The molecule has 3 aromatic carbocycles. The van der Waals surface area contributed by atoms with Crippen molar-refractivity contribution in [1.29, 1.82) is 0 Å². The minimum absolute atomic E-state index is 0.00549. The predicted octanol–water partition coefficient (Wildman–Crippen LogP) is 5.25. The highest BCUT2D eigenvalue weighted by molar-refractivity contribution is 6.01. The summed E-state index contributed by atoms with van der Waals surface area (Å²) in [5, 5.41) is 13.8. The first-order chi connectivity index (χ1) is 18.9. The molecule has 0 saturated carbocycles. The van der Waals surface area contributed by atoms with Gasteiger partial charge in [-0.3, -0.25) is 10.1 Å². The number of carbonyl (C=O) groups excluding carboxylic acids is 2. The Balaban J connectivity index is 1.35. The quantitative estimate of drug-likeness (QED) is 0.243. The monoisotopic (exact) mass is 527 g/mol. The molecule has 1 fully saturated rings. The minimum Gasteiger partial charge on any atom is -0.489 e. The summed E-state index contributed by atoms with van der Waals surface area (Å²) in [7, 11) is 1.35. The largest absolute Gasteiger partial charge is 0.489 e. The molecule has 0 aliphatic carbocycles. The molecule has 2 bridgehead atoms. The summed E-state index contributed by atoms with van der Waals surface area (Å²) in [6.45, 7) is 0.652. The highest BCUT2D eigenvalue weighted by Gasteiger charge is 2.46. The summed E-state index contributed by atoms with van der Waals surface area (Å²) in [4.78, 5) is 38.5. The smallest absolute Gasteiger partial charge is 0.336 e. The molecule has 2 aliphatic rings. The summed E-state index contributed by atoms with van der Waals surface area (Å²) < 4.78 is 11.2. The van der Waals surface area contributed by atoms with Gasteiger partial charge in [0.25, 0.3) is 5.69 Å². The fourth-order valence-electron chi connectivity index (χ4n) is 5.38. The molecule has 2 unspecified atom stereocenters. The Labute approximate surface area is 226 Å². The molecule has 9 nitrogen and oxygen atoms in total. The first-order valence-electron chi connectivity index (χ1n) is 12.8. The van der Waals surface area contributed by atoms with Gasteiger partial charge in [0, 0.05) is 24.7 Å². The van der Waals surface area contributed by atoms with Crippen LogP contribution < -0.4 is 10.1 Å². The van der Waals surface area contributed by atoms with E-state index in [0.717, 1.165) is 28.7 Å². The van der Waals surface area contributed by atoms with Crippen molar-refractivity contribution in [2.24, 2.45) is 0 Å². The minimum atomic E-state index is -0.461. The van der Waals surface area contributed by atoms with Crippen LogP contribution in [0, 0.1) is 10.1 Å². The number of nitrogens with zero attached hydrogens (tertiary/aromatic N) is 2. The summed E-state index contributed by atoms with van der Waals surface area (Å²) in [5.41, 5.74) is 4.05. The van der Waals surface area contributed by atoms with Gasteiger partial charge in [0.05, 0.1) is 23.6 Å². The van der Waals surface area contributed by atoms with Crippen LogP contribution in [0.15, 0.2) is 84.4 Å². The van der Waals surface area contributed by atoms with Crippen molar-refractivity contribution >= 4 is 23.3 Å². The Morgan fingerprint density at radius 2 is 1.77 bits per heavy atom. The average molecular weight is 528 g/mol. The highest BCUT2D eigenvalue weighted by atomic mass is 16.6. The van der Waals surface area contributed by atoms with Crippen LogP contribution in [-0.4, -0.2) is 41.0 Å². The number of rotatable bonds is 8. The lowest BCUT2D eigenvalue weighted by molar-refractivity contribution is -0.384. The molecule has 3 aromatic rings. The standard InChI is InChI=1S/C30H29N3O6/c1-38-29(34)28-26(22-8-5-9-25(16-22)39-19-21-6-3-2-4-7-21)17-24-14-15-27(28)32(24)30(35)31-18-20-10-12-23(13-11-20)33(36)37/h2-13,16,24,27H,14-15,17-19H2,1H3,(H,31,35). The Hall–Kier alpha value is -4.66. The zero-order valence-corrected chi connectivity index (χ0v) is 21.5. The van der Waals surface area contributed by atoms with Crippen LogP contribution in [0.3, 0.4) is 0 Å². The Morgan fingerprint density at radius 3 is 2.49 bits per heavy atom. The topological polar surface area (TPSA) is 111 Å². The van der Waals surface area contributed by atoms with Crippen molar-refractivity contribution in [3.63, 3.8) is 0 Å². The zero-order valence-electron chi connectivity index (χ0n) is 21.5. The van der Waals surface area contributed by atoms with Crippen LogP contribution in [0.2, 0.25) is 0 Å². The molecule has 5 rings (SSSR count). The van der Waals surface area contributed by atoms with Gasteiger partial charge in [-0.1, -0.05) is 54.6 Å². The second-order valence-electron chi connectivity index (χ2n) is 9.63. The molecular formula is C30H29N3O6. The first kappa shape index (κ1) is 26.0. The van der Waals surface area contributed by atoms with Gasteiger partial charge in [-0.2, -0.15) is 0 Å². The predicted molar refractivity (Wildman–Crippen MR) is 145 cm³/mol. The van der Waals surface area contributed by atoms with Gasteiger partial charge >= 0.3 is 12.0 Å². The highest BCUT2D eigenvalue weighted by Crippen LogP contribution is 2.44. The summed E-state index contributed by atoms with van der Waals surface area (Å²) in [5.74, 6) is 0.253. The van der Waals surface area contributed by atoms with Gasteiger partial charge in [0.1, 0.15) is 12.4 Å². The van der Waals surface area contributed by atoms with Crippen LogP contribution in [0.5, 0.6) is 5.75 Å². The first-order valence-corrected chi connectivity index (χ1v) is 12.8. The number of esters is 1. The number of hydrogen-bond donors (Lipinski definition) is 1. The number of fused-ring (bicyclic) bond motifs is 2. The molecule has 39 heavy (non-hydrogen) atoms. The molecular weight excluding hydrogens is 498 g/mol. The van der Waals surface area contributed by atoms with Gasteiger partial charge in [0.15, 0.2) is 0 Å². The number of hydrogen-bond acceptors (Lipinski definition) is 6. The summed E-state index contributed by atoms with van der Waals surface area (Å²) >= 11 is 0. The normalized spacial score (nSPS) is 18.0. The van der Waals surface area contributed by atoms with E-state index in [0.29, 0.717) is 30.8 Å². The van der Waals surface area contributed by atoms with Crippen molar-refractivity contribution in [3.8, 4) is 5.75 Å². The number of carbonyl (C=O) groups is 2. The molecule has 0 aromatic heterocycles. The molecule has 200 valence electrons. The van der Waals surface area contributed by atoms with E-state index in [1.54, 1.807) is 17.0 Å². The van der Waals surface area contributed by atoms with E-state index in [1.807, 2.05) is 54.6 Å². The summed E-state index contributed by atoms with van der Waals surface area (Å²) in [6, 6.07) is 22.9. The molecule has 1 N–H and O–H groups in total. The fourth-order valence-corrected chi connectivity index (χ4v) is 5.38. The van der Waals surface area contributed by atoms with E-state index < -0.39 is 16.9 Å². The van der Waals surface area contributed by atoms with Crippen molar-refractivity contribution < 1.29 is 24.0 Å². The Bertz CT molecular complexity index is 1400. The van der Waals surface area contributed by atoms with Crippen LogP contribution in [0.25, 0.3) is 5.57 Å². The number of nitrogens with one attached hydrogen (secondary N) is 1. The molecule has 2 amide bonds. The zero-order chi connectivity index (χ0) is 27.4. The maximum atomic E-state index is 13.3. The van der Waals surface area contributed by atoms with Crippen LogP contribution in [0.1, 0.15) is 36.0 Å². The van der Waals surface area contributed by atoms with Crippen molar-refractivity contribution in [3.05, 3.63) is 111 Å². The SMILES string of the molecule is COC(=O)C1=C(c2cccc(OCc3ccccc3)c2)CC2CCC1N2C(=O)NCc1ccc([N+](=O)[O-])cc1. The van der Waals surface area contributed by atoms with E-state index in [9.17, 15) is 19.7 Å². The van der Waals surface area contributed by atoms with Gasteiger partial charge in [-0.05, 0) is 53.7 Å². The van der Waals surface area contributed by atoms with Crippen LogP contribution in [0.4, 0.5) is 10.5 Å².